The SMILES string of the molecule is CC(C)c1ccc(NC(=O)CN2C(=O)NC(C)(c3ccccc3)C2=O)cc1. The molecule has 0 spiro atoms. The number of hydrogen-bond donors (Lipinski definition) is 2. The molecule has 2 aromatic rings. The molecule has 3 rings (SSSR count). The fourth-order valence-electron chi connectivity index (χ4n) is 3.10. The second kappa shape index (κ2) is 7.23. The first-order valence-corrected chi connectivity index (χ1v) is 8.90. The number of nitrogens with one attached hydrogen (secondary N) is 2. The van der Waals surface area contributed by atoms with Gasteiger partial charge in [0.25, 0.3) is 5.91 Å². The molecule has 0 aromatic heterocycles. The fraction of sp³-hybridized carbons (Fsp3) is 0.286. The highest BCUT2D eigenvalue weighted by Gasteiger charge is 2.49. The predicted octanol–water partition coefficient (Wildman–Crippen LogP) is 3.22. The van der Waals surface area contributed by atoms with Crippen LogP contribution in [0.4, 0.5) is 10.5 Å². The predicted molar refractivity (Wildman–Crippen MR) is 103 cm³/mol. The Balaban J connectivity index is 1.69. The Morgan fingerprint density at radius 2 is 1.70 bits per heavy atom. The molecule has 1 atom stereocenters. The van der Waals surface area contributed by atoms with Crippen molar-refractivity contribution in [2.75, 3.05) is 11.9 Å². The second-order valence-electron chi connectivity index (χ2n) is 7.14. The van der Waals surface area contributed by atoms with E-state index in [0.29, 0.717) is 17.2 Å². The molecule has 1 aliphatic rings. The largest absolute Gasteiger partial charge is 0.325 e. The van der Waals surface area contributed by atoms with Gasteiger partial charge in [-0.05, 0) is 36.1 Å². The zero-order chi connectivity index (χ0) is 19.6. The Labute approximate surface area is 158 Å². The molecule has 6 nitrogen and oxygen atoms in total. The van der Waals surface area contributed by atoms with Crippen LogP contribution < -0.4 is 10.6 Å². The van der Waals surface area contributed by atoms with E-state index in [4.69, 9.17) is 0 Å². The molecule has 1 unspecified atom stereocenters. The van der Waals surface area contributed by atoms with Crippen molar-refractivity contribution in [3.8, 4) is 0 Å². The van der Waals surface area contributed by atoms with Crippen LogP contribution in [0, 0.1) is 0 Å². The number of carbonyl (C=O) groups excluding carboxylic acids is 3. The molecule has 0 bridgehead atoms. The van der Waals surface area contributed by atoms with Gasteiger partial charge in [-0.1, -0.05) is 56.3 Å². The number of anilines is 1. The molecule has 1 heterocycles. The highest BCUT2D eigenvalue weighted by Crippen LogP contribution is 2.28. The molecule has 0 radical (unpaired) electrons. The highest BCUT2D eigenvalue weighted by molar-refractivity contribution is 6.10. The van der Waals surface area contributed by atoms with Gasteiger partial charge in [-0.15, -0.1) is 0 Å². The molecule has 1 aliphatic heterocycles. The molecule has 1 saturated heterocycles. The molecule has 2 N–H and O–H groups in total. The van der Waals surface area contributed by atoms with Crippen LogP contribution in [-0.2, 0) is 15.1 Å². The van der Waals surface area contributed by atoms with Gasteiger partial charge in [-0.3, -0.25) is 14.5 Å². The van der Waals surface area contributed by atoms with Crippen molar-refractivity contribution < 1.29 is 14.4 Å². The van der Waals surface area contributed by atoms with E-state index in [0.717, 1.165) is 4.90 Å². The Morgan fingerprint density at radius 3 is 2.30 bits per heavy atom. The highest BCUT2D eigenvalue weighted by atomic mass is 16.2. The van der Waals surface area contributed by atoms with Crippen LogP contribution in [0.15, 0.2) is 54.6 Å². The summed E-state index contributed by atoms with van der Waals surface area (Å²) in [5, 5.41) is 5.42. The van der Waals surface area contributed by atoms with Crippen molar-refractivity contribution in [1.82, 2.24) is 10.2 Å². The number of urea groups is 1. The average molecular weight is 365 g/mol. The maximum atomic E-state index is 12.8. The van der Waals surface area contributed by atoms with Crippen LogP contribution in [0.3, 0.4) is 0 Å². The van der Waals surface area contributed by atoms with E-state index in [1.54, 1.807) is 31.2 Å². The lowest BCUT2D eigenvalue weighted by Gasteiger charge is -2.22. The lowest BCUT2D eigenvalue weighted by molar-refractivity contribution is -0.133. The van der Waals surface area contributed by atoms with Crippen molar-refractivity contribution in [3.63, 3.8) is 0 Å². The molecule has 4 amide bonds. The maximum Gasteiger partial charge on any atom is 0.325 e. The summed E-state index contributed by atoms with van der Waals surface area (Å²) in [6, 6.07) is 15.9. The second-order valence-corrected chi connectivity index (χ2v) is 7.14. The fourth-order valence-corrected chi connectivity index (χ4v) is 3.10. The van der Waals surface area contributed by atoms with Crippen molar-refractivity contribution >= 4 is 23.5 Å². The standard InChI is InChI=1S/C21H23N3O3/c1-14(2)15-9-11-17(12-10-15)22-18(25)13-24-19(26)21(3,23-20(24)27)16-7-5-4-6-8-16/h4-12,14H,13H2,1-3H3,(H,22,25)(H,23,27). The van der Waals surface area contributed by atoms with Gasteiger partial charge < -0.3 is 10.6 Å². The van der Waals surface area contributed by atoms with Crippen molar-refractivity contribution in [1.29, 1.82) is 0 Å². The Kier molecular flexibility index (Phi) is 4.99. The quantitative estimate of drug-likeness (QED) is 0.799. The maximum absolute atomic E-state index is 12.8. The van der Waals surface area contributed by atoms with E-state index in [-0.39, 0.29) is 6.54 Å². The first-order chi connectivity index (χ1) is 12.8. The molecular weight excluding hydrogens is 342 g/mol. The summed E-state index contributed by atoms with van der Waals surface area (Å²) in [7, 11) is 0. The summed E-state index contributed by atoms with van der Waals surface area (Å²) in [4.78, 5) is 38.4. The molecule has 0 saturated carbocycles. The first kappa shape index (κ1) is 18.6. The zero-order valence-corrected chi connectivity index (χ0v) is 15.7. The summed E-state index contributed by atoms with van der Waals surface area (Å²) in [5.41, 5.74) is 1.30. The third-order valence-electron chi connectivity index (χ3n) is 4.79. The number of hydrogen-bond acceptors (Lipinski definition) is 3. The van der Waals surface area contributed by atoms with Gasteiger partial charge >= 0.3 is 6.03 Å². The minimum atomic E-state index is -1.17. The Hall–Kier alpha value is -3.15. The number of nitrogens with zero attached hydrogens (tertiary/aromatic N) is 1. The molecule has 27 heavy (non-hydrogen) atoms. The van der Waals surface area contributed by atoms with Crippen LogP contribution in [-0.4, -0.2) is 29.3 Å². The summed E-state index contributed by atoms with van der Waals surface area (Å²) >= 11 is 0. The van der Waals surface area contributed by atoms with Crippen LogP contribution in [0.1, 0.15) is 37.8 Å². The van der Waals surface area contributed by atoms with E-state index in [1.807, 2.05) is 30.3 Å². The summed E-state index contributed by atoms with van der Waals surface area (Å²) in [5.74, 6) is -0.464. The van der Waals surface area contributed by atoms with E-state index >= 15 is 0 Å². The number of carbonyl (C=O) groups is 3. The third-order valence-corrected chi connectivity index (χ3v) is 4.79. The van der Waals surface area contributed by atoms with Crippen molar-refractivity contribution in [2.24, 2.45) is 0 Å². The van der Waals surface area contributed by atoms with Crippen LogP contribution in [0.5, 0.6) is 0 Å². The Morgan fingerprint density at radius 1 is 1.07 bits per heavy atom. The number of imide groups is 1. The van der Waals surface area contributed by atoms with E-state index in [9.17, 15) is 14.4 Å². The lowest BCUT2D eigenvalue weighted by Crippen LogP contribution is -2.42. The smallest absolute Gasteiger partial charge is 0.325 e. The van der Waals surface area contributed by atoms with Gasteiger partial charge in [-0.2, -0.15) is 0 Å². The van der Waals surface area contributed by atoms with Gasteiger partial charge in [0.05, 0.1) is 0 Å². The first-order valence-electron chi connectivity index (χ1n) is 8.90. The van der Waals surface area contributed by atoms with E-state index in [2.05, 4.69) is 24.5 Å². The monoisotopic (exact) mass is 365 g/mol. The van der Waals surface area contributed by atoms with Crippen LogP contribution in [0.2, 0.25) is 0 Å². The normalized spacial score (nSPS) is 19.3. The summed E-state index contributed by atoms with van der Waals surface area (Å²) in [6.45, 7) is 5.49. The molecule has 0 aliphatic carbocycles. The minimum Gasteiger partial charge on any atom is -0.325 e. The minimum absolute atomic E-state index is 0.334. The van der Waals surface area contributed by atoms with Gasteiger partial charge in [0.15, 0.2) is 0 Å². The third kappa shape index (κ3) is 3.69. The lowest BCUT2D eigenvalue weighted by atomic mass is 9.92. The van der Waals surface area contributed by atoms with Gasteiger partial charge in [0.2, 0.25) is 5.91 Å². The van der Waals surface area contributed by atoms with Gasteiger partial charge in [-0.25, -0.2) is 4.79 Å². The van der Waals surface area contributed by atoms with Crippen LogP contribution >= 0.6 is 0 Å². The number of rotatable bonds is 5. The summed E-state index contributed by atoms with van der Waals surface area (Å²) < 4.78 is 0. The van der Waals surface area contributed by atoms with Crippen molar-refractivity contribution in [2.45, 2.75) is 32.2 Å². The van der Waals surface area contributed by atoms with Gasteiger partial charge in [0, 0.05) is 5.69 Å². The van der Waals surface area contributed by atoms with Crippen molar-refractivity contribution in [3.05, 3.63) is 65.7 Å². The van der Waals surface area contributed by atoms with E-state index < -0.39 is 23.4 Å². The van der Waals surface area contributed by atoms with E-state index in [1.165, 1.54) is 5.56 Å². The average Bonchev–Trinajstić information content (AvgIpc) is 2.87. The number of benzene rings is 2. The zero-order valence-electron chi connectivity index (χ0n) is 15.7. The molecule has 1 fully saturated rings. The molecule has 2 aromatic carbocycles. The van der Waals surface area contributed by atoms with Gasteiger partial charge in [0.1, 0.15) is 12.1 Å². The number of amides is 4. The Bertz CT molecular complexity index is 862. The molecule has 6 heteroatoms. The molecular formula is C21H23N3O3. The van der Waals surface area contributed by atoms with Crippen LogP contribution in [0.25, 0.3) is 0 Å². The topological polar surface area (TPSA) is 78.5 Å². The summed E-state index contributed by atoms with van der Waals surface area (Å²) in [6.07, 6.45) is 0. The molecule has 140 valence electrons.